The summed E-state index contributed by atoms with van der Waals surface area (Å²) in [4.78, 5) is 4.15. The lowest BCUT2D eigenvalue weighted by molar-refractivity contribution is -0.197. The third kappa shape index (κ3) is 1.85. The summed E-state index contributed by atoms with van der Waals surface area (Å²) < 4.78 is 5.00. The molecule has 0 aromatic heterocycles. The van der Waals surface area contributed by atoms with E-state index in [0.29, 0.717) is 0 Å². The molecule has 3 saturated carbocycles. The average Bonchev–Trinajstić information content (AvgIpc) is 2.18. The van der Waals surface area contributed by atoms with Gasteiger partial charge < -0.3 is 5.73 Å². The van der Waals surface area contributed by atoms with Crippen LogP contribution in [0, 0.1) is 0 Å². The second kappa shape index (κ2) is 3.40. The molecular formula is C8H16N2O2S. The first-order valence-electron chi connectivity index (χ1n) is 4.68. The highest BCUT2D eigenvalue weighted by molar-refractivity contribution is 7.96. The van der Waals surface area contributed by atoms with Crippen molar-refractivity contribution in [3.05, 3.63) is 0 Å². The smallest absolute Gasteiger partial charge is 0.0457 e. The topological polar surface area (TPSA) is 70.5 Å². The van der Waals surface area contributed by atoms with Crippen LogP contribution in [0.5, 0.6) is 0 Å². The van der Waals surface area contributed by atoms with Crippen molar-refractivity contribution >= 4 is 12.0 Å². The molecule has 0 aromatic rings. The predicted octanol–water partition coefficient (Wildman–Crippen LogP) is 1.26. The van der Waals surface area contributed by atoms with E-state index >= 15 is 0 Å². The molecular weight excluding hydrogens is 188 g/mol. The minimum atomic E-state index is 0.117. The van der Waals surface area contributed by atoms with Crippen LogP contribution in [0.1, 0.15) is 38.5 Å². The highest BCUT2D eigenvalue weighted by atomic mass is 32.2. The van der Waals surface area contributed by atoms with E-state index in [0.717, 1.165) is 38.5 Å². The number of hydrogen-bond donors (Lipinski definition) is 2. The quantitative estimate of drug-likeness (QED) is 0.411. The molecule has 2 bridgehead atoms. The summed E-state index contributed by atoms with van der Waals surface area (Å²) in [5.74, 6) is 4.83. The van der Waals surface area contributed by atoms with Crippen molar-refractivity contribution < 1.29 is 9.32 Å². The zero-order valence-electron chi connectivity index (χ0n) is 7.62. The van der Waals surface area contributed by atoms with E-state index < -0.39 is 0 Å². The predicted molar refractivity (Wildman–Crippen MR) is 51.3 cm³/mol. The second-order valence-corrected chi connectivity index (χ2v) is 5.46. The Morgan fingerprint density at radius 2 is 1.54 bits per heavy atom. The average molecular weight is 204 g/mol. The Labute approximate surface area is 82.4 Å². The van der Waals surface area contributed by atoms with Crippen LogP contribution in [0.2, 0.25) is 0 Å². The maximum absolute atomic E-state index is 6.18. The van der Waals surface area contributed by atoms with Gasteiger partial charge in [0.2, 0.25) is 0 Å². The molecule has 4 nitrogen and oxygen atoms in total. The van der Waals surface area contributed by atoms with Crippen LogP contribution >= 0.6 is 12.0 Å². The molecule has 0 amide bonds. The SMILES string of the molecule is NOOSC12CCC(N)(CC1)CC2. The Kier molecular flexibility index (Phi) is 2.55. The molecule has 3 rings (SSSR count). The summed E-state index contributed by atoms with van der Waals surface area (Å²) in [6.45, 7) is 0. The normalized spacial score (nSPS) is 43.8. The van der Waals surface area contributed by atoms with Crippen molar-refractivity contribution in [1.29, 1.82) is 0 Å². The molecule has 5 heteroatoms. The lowest BCUT2D eigenvalue weighted by Gasteiger charge is -2.50. The highest BCUT2D eigenvalue weighted by Gasteiger charge is 2.47. The monoisotopic (exact) mass is 204 g/mol. The van der Waals surface area contributed by atoms with Crippen LogP contribution in [-0.4, -0.2) is 10.3 Å². The van der Waals surface area contributed by atoms with Crippen molar-refractivity contribution in [2.24, 2.45) is 11.6 Å². The first-order valence-corrected chi connectivity index (χ1v) is 5.42. The molecule has 3 aliphatic carbocycles. The van der Waals surface area contributed by atoms with Gasteiger partial charge in [-0.1, -0.05) is 0 Å². The van der Waals surface area contributed by atoms with Gasteiger partial charge in [0.05, 0.1) is 0 Å². The molecule has 3 fully saturated rings. The van der Waals surface area contributed by atoms with Gasteiger partial charge in [0.25, 0.3) is 0 Å². The van der Waals surface area contributed by atoms with Gasteiger partial charge in [-0.15, -0.1) is 9.32 Å². The van der Waals surface area contributed by atoms with Crippen molar-refractivity contribution in [3.8, 4) is 0 Å². The van der Waals surface area contributed by atoms with Gasteiger partial charge in [-0.05, 0) is 38.5 Å². The van der Waals surface area contributed by atoms with Gasteiger partial charge in [0.1, 0.15) is 0 Å². The minimum absolute atomic E-state index is 0.117. The standard InChI is InChI=1S/C8H16N2O2S/c9-7-1-4-8(5-2-7,6-3-7)13-12-11-10/h1-6,9-10H2. The van der Waals surface area contributed by atoms with Gasteiger partial charge in [-0.25, -0.2) is 0 Å². The summed E-state index contributed by atoms with van der Waals surface area (Å²) >= 11 is 1.38. The molecule has 4 N–H and O–H groups in total. The summed E-state index contributed by atoms with van der Waals surface area (Å²) in [7, 11) is 0. The van der Waals surface area contributed by atoms with Crippen molar-refractivity contribution in [1.82, 2.24) is 0 Å². The molecule has 0 spiro atoms. The largest absolute Gasteiger partial charge is 0.325 e. The van der Waals surface area contributed by atoms with Gasteiger partial charge in [0.15, 0.2) is 0 Å². The molecule has 0 atom stereocenters. The lowest BCUT2D eigenvalue weighted by Crippen LogP contribution is -2.53. The Bertz CT molecular complexity index is 170. The van der Waals surface area contributed by atoms with E-state index in [4.69, 9.17) is 16.0 Å². The first kappa shape index (κ1) is 9.73. The van der Waals surface area contributed by atoms with Crippen LogP contribution in [-0.2, 0) is 9.32 Å². The molecule has 0 unspecified atom stereocenters. The minimum Gasteiger partial charge on any atom is -0.325 e. The Hall–Kier alpha value is 0.190. The van der Waals surface area contributed by atoms with E-state index in [2.05, 4.69) is 4.99 Å². The van der Waals surface area contributed by atoms with Crippen LogP contribution in [0.15, 0.2) is 0 Å². The summed E-state index contributed by atoms with van der Waals surface area (Å²) in [6, 6.07) is 0. The third-order valence-electron chi connectivity index (χ3n) is 3.49. The first-order chi connectivity index (χ1) is 6.18. The van der Waals surface area contributed by atoms with Crippen molar-refractivity contribution in [2.45, 2.75) is 48.8 Å². The highest BCUT2D eigenvalue weighted by Crippen LogP contribution is 2.52. The van der Waals surface area contributed by atoms with Crippen LogP contribution in [0.3, 0.4) is 0 Å². The lowest BCUT2D eigenvalue weighted by atomic mass is 9.66. The molecule has 3 aliphatic rings. The van der Waals surface area contributed by atoms with Gasteiger partial charge in [-0.3, -0.25) is 0 Å². The third-order valence-corrected chi connectivity index (χ3v) is 4.60. The summed E-state index contributed by atoms with van der Waals surface area (Å²) in [5, 5.41) is 0. The zero-order chi connectivity index (χ0) is 9.36. The molecule has 13 heavy (non-hydrogen) atoms. The molecule has 0 radical (unpaired) electrons. The molecule has 0 aromatic carbocycles. The van der Waals surface area contributed by atoms with Gasteiger partial charge in [-0.2, -0.15) is 5.90 Å². The van der Waals surface area contributed by atoms with Crippen LogP contribution in [0.25, 0.3) is 0 Å². The Balaban J connectivity index is 1.95. The van der Waals surface area contributed by atoms with Crippen molar-refractivity contribution in [2.75, 3.05) is 0 Å². The van der Waals surface area contributed by atoms with E-state index in [1.54, 1.807) is 0 Å². The van der Waals surface area contributed by atoms with E-state index in [-0.39, 0.29) is 10.3 Å². The maximum atomic E-state index is 6.18. The fourth-order valence-electron chi connectivity index (χ4n) is 2.40. The molecule has 76 valence electrons. The molecule has 0 saturated heterocycles. The number of nitrogens with two attached hydrogens (primary N) is 2. The number of rotatable bonds is 3. The summed E-state index contributed by atoms with van der Waals surface area (Å²) in [6.07, 6.45) is 6.68. The van der Waals surface area contributed by atoms with Crippen LogP contribution in [0.4, 0.5) is 0 Å². The fourth-order valence-corrected chi connectivity index (χ4v) is 3.14. The number of fused-ring (bicyclic) bond motifs is 3. The van der Waals surface area contributed by atoms with E-state index in [1.807, 2.05) is 0 Å². The molecule has 0 heterocycles. The fraction of sp³-hybridized carbons (Fsp3) is 1.00. The maximum Gasteiger partial charge on any atom is 0.0457 e. The van der Waals surface area contributed by atoms with E-state index in [1.165, 1.54) is 12.0 Å². The summed E-state index contributed by atoms with van der Waals surface area (Å²) in [5.41, 5.74) is 6.29. The van der Waals surface area contributed by atoms with Crippen LogP contribution < -0.4 is 11.6 Å². The zero-order valence-corrected chi connectivity index (χ0v) is 8.44. The Morgan fingerprint density at radius 1 is 1.00 bits per heavy atom. The Morgan fingerprint density at radius 3 is 2.00 bits per heavy atom. The molecule has 0 aliphatic heterocycles. The van der Waals surface area contributed by atoms with E-state index in [9.17, 15) is 0 Å². The van der Waals surface area contributed by atoms with Gasteiger partial charge in [0, 0.05) is 22.3 Å². The van der Waals surface area contributed by atoms with Gasteiger partial charge >= 0.3 is 0 Å². The van der Waals surface area contributed by atoms with Crippen molar-refractivity contribution in [3.63, 3.8) is 0 Å². The second-order valence-electron chi connectivity index (χ2n) is 4.29. The number of hydrogen-bond acceptors (Lipinski definition) is 5.